The molecule has 0 atom stereocenters. The molecule has 3 rings (SSSR count). The fourth-order valence-electron chi connectivity index (χ4n) is 3.45. The Bertz CT molecular complexity index is 747. The maximum atomic E-state index is 9.42. The summed E-state index contributed by atoms with van der Waals surface area (Å²) >= 11 is 6.15. The summed E-state index contributed by atoms with van der Waals surface area (Å²) in [6, 6.07) is 7.47. The maximum absolute atomic E-state index is 9.42. The van der Waals surface area contributed by atoms with Gasteiger partial charge in [0.05, 0.1) is 0 Å². The number of nitrogens with one attached hydrogen (secondary N) is 2. The molecule has 1 fully saturated rings. The summed E-state index contributed by atoms with van der Waals surface area (Å²) in [7, 11) is 3.96. The lowest BCUT2D eigenvalue weighted by molar-refractivity contribution is 0.323. The molecular weight excluding hydrogens is 362 g/mol. The monoisotopic (exact) mass is 389 g/mol. The van der Waals surface area contributed by atoms with Gasteiger partial charge >= 0.3 is 0 Å². The van der Waals surface area contributed by atoms with Crippen LogP contribution in [0.15, 0.2) is 30.5 Å². The van der Waals surface area contributed by atoms with Crippen LogP contribution < -0.4 is 15.5 Å². The van der Waals surface area contributed by atoms with E-state index in [1.165, 1.54) is 12.8 Å². The first-order valence-corrected chi connectivity index (χ1v) is 9.84. The highest BCUT2D eigenvalue weighted by Crippen LogP contribution is 2.26. The standard InChI is InChI=1S/C20H28ClN5O/c1-26(2)19-9-10-23-20(25-19)24-16-6-3-14(4-7-16)12-22-13-15-5-8-17(27)11-18(15)21/h5,8-11,14,16,22,27H,3-4,6-7,12-13H2,1-2H3,(H,23,24,25)/t14-,16+. The molecule has 1 saturated carbocycles. The number of aromatic nitrogens is 2. The quantitative estimate of drug-likeness (QED) is 0.671. The van der Waals surface area contributed by atoms with E-state index >= 15 is 0 Å². The fraction of sp³-hybridized carbons (Fsp3) is 0.500. The van der Waals surface area contributed by atoms with E-state index in [1.807, 2.05) is 31.1 Å². The van der Waals surface area contributed by atoms with Gasteiger partial charge in [-0.2, -0.15) is 4.98 Å². The summed E-state index contributed by atoms with van der Waals surface area (Å²) in [4.78, 5) is 10.9. The van der Waals surface area contributed by atoms with Crippen molar-refractivity contribution < 1.29 is 5.11 Å². The third kappa shape index (κ3) is 5.71. The van der Waals surface area contributed by atoms with Crippen LogP contribution in [0.4, 0.5) is 11.8 Å². The Morgan fingerprint density at radius 2 is 1.96 bits per heavy atom. The van der Waals surface area contributed by atoms with Crippen LogP contribution in [-0.2, 0) is 6.54 Å². The molecule has 1 heterocycles. The van der Waals surface area contributed by atoms with Crippen LogP contribution >= 0.6 is 11.6 Å². The van der Waals surface area contributed by atoms with Crippen molar-refractivity contribution in [3.63, 3.8) is 0 Å². The number of rotatable bonds is 7. The molecule has 2 aromatic rings. The summed E-state index contributed by atoms with van der Waals surface area (Å²) < 4.78 is 0. The molecule has 1 aromatic carbocycles. The van der Waals surface area contributed by atoms with Crippen molar-refractivity contribution in [3.05, 3.63) is 41.0 Å². The highest BCUT2D eigenvalue weighted by Gasteiger charge is 2.21. The Labute approximate surface area is 166 Å². The molecule has 1 aromatic heterocycles. The van der Waals surface area contributed by atoms with E-state index in [0.717, 1.165) is 37.3 Å². The normalized spacial score (nSPS) is 19.7. The number of hydrogen-bond donors (Lipinski definition) is 3. The van der Waals surface area contributed by atoms with Gasteiger partial charge in [0.2, 0.25) is 5.95 Å². The van der Waals surface area contributed by atoms with Gasteiger partial charge in [-0.3, -0.25) is 0 Å². The van der Waals surface area contributed by atoms with E-state index in [1.54, 1.807) is 18.3 Å². The lowest BCUT2D eigenvalue weighted by Gasteiger charge is -2.29. The van der Waals surface area contributed by atoms with Crippen molar-refractivity contribution >= 4 is 23.4 Å². The number of phenolic OH excluding ortho intramolecular Hbond substituents is 1. The average Bonchev–Trinajstić information content (AvgIpc) is 2.65. The molecule has 0 amide bonds. The van der Waals surface area contributed by atoms with Crippen LogP contribution in [0.2, 0.25) is 5.02 Å². The zero-order valence-electron chi connectivity index (χ0n) is 16.0. The molecule has 0 spiro atoms. The average molecular weight is 390 g/mol. The fourth-order valence-corrected chi connectivity index (χ4v) is 3.69. The van der Waals surface area contributed by atoms with Crippen molar-refractivity contribution in [1.82, 2.24) is 15.3 Å². The highest BCUT2D eigenvalue weighted by molar-refractivity contribution is 6.31. The number of halogens is 1. The number of nitrogens with zero attached hydrogens (tertiary/aromatic N) is 3. The lowest BCUT2D eigenvalue weighted by Crippen LogP contribution is -2.31. The zero-order chi connectivity index (χ0) is 19.2. The molecule has 0 bridgehead atoms. The van der Waals surface area contributed by atoms with Gasteiger partial charge in [0.1, 0.15) is 11.6 Å². The van der Waals surface area contributed by atoms with Gasteiger partial charge < -0.3 is 20.6 Å². The summed E-state index contributed by atoms with van der Waals surface area (Å²) in [5.74, 6) is 2.51. The van der Waals surface area contributed by atoms with E-state index in [4.69, 9.17) is 11.6 Å². The summed E-state index contributed by atoms with van der Waals surface area (Å²) in [5, 5.41) is 17.0. The minimum atomic E-state index is 0.203. The van der Waals surface area contributed by atoms with Crippen molar-refractivity contribution in [1.29, 1.82) is 0 Å². The van der Waals surface area contributed by atoms with Gasteiger partial charge in [-0.25, -0.2) is 4.98 Å². The van der Waals surface area contributed by atoms with Crippen molar-refractivity contribution in [2.45, 2.75) is 38.3 Å². The minimum absolute atomic E-state index is 0.203. The van der Waals surface area contributed by atoms with Crippen molar-refractivity contribution in [3.8, 4) is 5.75 Å². The van der Waals surface area contributed by atoms with E-state index in [2.05, 4.69) is 20.6 Å². The number of benzene rings is 1. The molecule has 1 aliphatic carbocycles. The largest absolute Gasteiger partial charge is 0.508 e. The molecule has 0 unspecified atom stereocenters. The summed E-state index contributed by atoms with van der Waals surface area (Å²) in [5.41, 5.74) is 1.02. The first-order valence-electron chi connectivity index (χ1n) is 9.46. The van der Waals surface area contributed by atoms with Crippen LogP contribution in [-0.4, -0.2) is 41.8 Å². The second-order valence-electron chi connectivity index (χ2n) is 7.40. The number of aromatic hydroxyl groups is 1. The van der Waals surface area contributed by atoms with Gasteiger partial charge in [0.25, 0.3) is 0 Å². The zero-order valence-corrected chi connectivity index (χ0v) is 16.7. The smallest absolute Gasteiger partial charge is 0.224 e. The van der Waals surface area contributed by atoms with Crippen LogP contribution in [0.5, 0.6) is 5.75 Å². The molecule has 6 nitrogen and oxygen atoms in total. The molecule has 0 aliphatic heterocycles. The lowest BCUT2D eigenvalue weighted by atomic mass is 9.86. The Morgan fingerprint density at radius 1 is 1.19 bits per heavy atom. The molecule has 27 heavy (non-hydrogen) atoms. The predicted octanol–water partition coefficient (Wildman–Crippen LogP) is 3.66. The van der Waals surface area contributed by atoms with Crippen LogP contribution in [0.1, 0.15) is 31.2 Å². The second-order valence-corrected chi connectivity index (χ2v) is 7.81. The number of hydrogen-bond acceptors (Lipinski definition) is 6. The summed E-state index contributed by atoms with van der Waals surface area (Å²) in [6.45, 7) is 1.71. The Balaban J connectivity index is 1.40. The minimum Gasteiger partial charge on any atom is -0.508 e. The molecule has 1 aliphatic rings. The number of anilines is 2. The predicted molar refractivity (Wildman–Crippen MR) is 111 cm³/mol. The second kappa shape index (κ2) is 9.24. The molecule has 146 valence electrons. The van der Waals surface area contributed by atoms with Gasteiger partial charge in [-0.1, -0.05) is 17.7 Å². The van der Waals surface area contributed by atoms with Crippen LogP contribution in [0, 0.1) is 5.92 Å². The van der Waals surface area contributed by atoms with Gasteiger partial charge in [-0.05, 0) is 61.9 Å². The SMILES string of the molecule is CN(C)c1ccnc(N[C@H]2CC[C@@H](CNCc3ccc(O)cc3Cl)CC2)n1. The summed E-state index contributed by atoms with van der Waals surface area (Å²) in [6.07, 6.45) is 6.42. The molecule has 3 N–H and O–H groups in total. The van der Waals surface area contributed by atoms with E-state index in [0.29, 0.717) is 22.9 Å². The molecule has 0 saturated heterocycles. The van der Waals surface area contributed by atoms with E-state index in [9.17, 15) is 5.11 Å². The van der Waals surface area contributed by atoms with Crippen molar-refractivity contribution in [2.24, 2.45) is 5.92 Å². The highest BCUT2D eigenvalue weighted by atomic mass is 35.5. The number of phenols is 1. The van der Waals surface area contributed by atoms with Crippen LogP contribution in [0.3, 0.4) is 0 Å². The first kappa shape index (κ1) is 19.7. The van der Waals surface area contributed by atoms with Gasteiger partial charge in [0, 0.05) is 37.9 Å². The first-order chi connectivity index (χ1) is 13.0. The molecular formula is C20H28ClN5O. The maximum Gasteiger partial charge on any atom is 0.224 e. The molecule has 0 radical (unpaired) electrons. The van der Waals surface area contributed by atoms with Gasteiger partial charge in [0.15, 0.2) is 0 Å². The van der Waals surface area contributed by atoms with Crippen molar-refractivity contribution in [2.75, 3.05) is 30.9 Å². The molecule has 7 heteroatoms. The Kier molecular flexibility index (Phi) is 6.74. The van der Waals surface area contributed by atoms with Crippen LogP contribution in [0.25, 0.3) is 0 Å². The third-order valence-electron chi connectivity index (χ3n) is 5.06. The van der Waals surface area contributed by atoms with E-state index in [-0.39, 0.29) is 5.75 Å². The Morgan fingerprint density at radius 3 is 2.67 bits per heavy atom. The third-order valence-corrected chi connectivity index (χ3v) is 5.42. The van der Waals surface area contributed by atoms with E-state index < -0.39 is 0 Å². The van der Waals surface area contributed by atoms with Gasteiger partial charge in [-0.15, -0.1) is 0 Å². The Hall–Kier alpha value is -2.05. The topological polar surface area (TPSA) is 73.3 Å².